The molecule has 0 aliphatic heterocycles. The van der Waals surface area contributed by atoms with Crippen LogP contribution in [0.25, 0.3) is 0 Å². The van der Waals surface area contributed by atoms with E-state index in [1.54, 1.807) is 0 Å². The number of aliphatic hydroxyl groups is 1. The molecule has 1 aliphatic carbocycles. The molecule has 2 aromatic rings. The second-order valence-corrected chi connectivity index (χ2v) is 4.64. The van der Waals surface area contributed by atoms with Crippen molar-refractivity contribution < 1.29 is 14.3 Å². The second-order valence-electron chi connectivity index (χ2n) is 4.64. The van der Waals surface area contributed by atoms with Crippen LogP contribution in [0.15, 0.2) is 45.8 Å². The van der Waals surface area contributed by atoms with Gasteiger partial charge in [0.1, 0.15) is 18.6 Å². The van der Waals surface area contributed by atoms with E-state index in [4.69, 9.17) is 14.3 Å². The van der Waals surface area contributed by atoms with E-state index in [-0.39, 0.29) is 23.5 Å². The van der Waals surface area contributed by atoms with Crippen molar-refractivity contribution in [3.8, 4) is 5.75 Å². The molecule has 1 unspecified atom stereocenters. The number of hydrogen-bond donors (Lipinski definition) is 1. The van der Waals surface area contributed by atoms with Crippen molar-refractivity contribution in [2.75, 3.05) is 6.61 Å². The highest BCUT2D eigenvalue weighted by Crippen LogP contribution is 2.34. The van der Waals surface area contributed by atoms with Crippen molar-refractivity contribution in [3.63, 3.8) is 0 Å². The van der Waals surface area contributed by atoms with Gasteiger partial charge in [0.2, 0.25) is 11.2 Å². The van der Waals surface area contributed by atoms with Gasteiger partial charge in [0.05, 0.1) is 6.61 Å². The van der Waals surface area contributed by atoms with E-state index in [1.165, 1.54) is 23.5 Å². The lowest BCUT2D eigenvalue weighted by Crippen LogP contribution is -2.24. The van der Waals surface area contributed by atoms with Crippen LogP contribution in [-0.4, -0.2) is 11.7 Å². The molecule has 0 bridgehead atoms. The smallest absolute Gasteiger partial charge is 0.227 e. The average molecular weight is 258 g/mol. The summed E-state index contributed by atoms with van der Waals surface area (Å²) in [5.74, 6) is 0.779. The van der Waals surface area contributed by atoms with Gasteiger partial charge in [-0.25, -0.2) is 0 Å². The summed E-state index contributed by atoms with van der Waals surface area (Å²) >= 11 is 0. The van der Waals surface area contributed by atoms with Gasteiger partial charge in [0.15, 0.2) is 0 Å². The average Bonchev–Trinajstić information content (AvgIpc) is 2.41. The predicted molar refractivity (Wildman–Crippen MR) is 69.3 cm³/mol. The highest BCUT2D eigenvalue weighted by Gasteiger charge is 2.26. The number of hydrogen-bond acceptors (Lipinski definition) is 4. The van der Waals surface area contributed by atoms with Crippen LogP contribution in [0.2, 0.25) is 0 Å². The van der Waals surface area contributed by atoms with Gasteiger partial charge in [-0.05, 0) is 17.5 Å². The molecule has 0 amide bonds. The Hall–Kier alpha value is -2.07. The maximum Gasteiger partial charge on any atom is 0.227 e. The Morgan fingerprint density at radius 3 is 2.95 bits per heavy atom. The lowest BCUT2D eigenvalue weighted by Gasteiger charge is -2.29. The molecule has 4 nitrogen and oxygen atoms in total. The van der Waals surface area contributed by atoms with E-state index in [0.717, 1.165) is 6.42 Å². The lowest BCUT2D eigenvalue weighted by atomic mass is 9.78. The summed E-state index contributed by atoms with van der Waals surface area (Å²) in [6, 6.07) is 9.48. The minimum Gasteiger partial charge on any atom is -0.486 e. The zero-order chi connectivity index (χ0) is 13.2. The van der Waals surface area contributed by atoms with Gasteiger partial charge in [0, 0.05) is 12.0 Å². The Morgan fingerprint density at radius 1 is 1.37 bits per heavy atom. The summed E-state index contributed by atoms with van der Waals surface area (Å²) in [4.78, 5) is 11.7. The van der Waals surface area contributed by atoms with Crippen molar-refractivity contribution in [1.82, 2.24) is 0 Å². The first-order valence-electron chi connectivity index (χ1n) is 6.21. The second kappa shape index (κ2) is 4.90. The number of rotatable bonds is 4. The molecule has 0 radical (unpaired) electrons. The molecule has 0 spiro atoms. The fraction of sp³-hybridized carbons (Fsp3) is 0.267. The van der Waals surface area contributed by atoms with Crippen LogP contribution in [0.5, 0.6) is 5.75 Å². The Balaban J connectivity index is 1.67. The third-order valence-corrected chi connectivity index (χ3v) is 3.41. The van der Waals surface area contributed by atoms with Gasteiger partial charge in [0.25, 0.3) is 0 Å². The van der Waals surface area contributed by atoms with Crippen LogP contribution in [0.3, 0.4) is 0 Å². The molecule has 1 atom stereocenters. The first-order valence-corrected chi connectivity index (χ1v) is 6.21. The summed E-state index contributed by atoms with van der Waals surface area (Å²) in [6.07, 6.45) is 2.24. The Morgan fingerprint density at radius 2 is 2.21 bits per heavy atom. The summed E-state index contributed by atoms with van der Waals surface area (Å²) in [7, 11) is 0. The molecular formula is C15H14O4. The van der Waals surface area contributed by atoms with Crippen LogP contribution in [0, 0.1) is 0 Å². The zero-order valence-electron chi connectivity index (χ0n) is 10.3. The van der Waals surface area contributed by atoms with Crippen LogP contribution in [0.4, 0.5) is 0 Å². The quantitative estimate of drug-likeness (QED) is 0.909. The molecule has 98 valence electrons. The number of benzene rings is 1. The largest absolute Gasteiger partial charge is 0.486 e. The number of fused-ring (bicyclic) bond motifs is 1. The molecular weight excluding hydrogens is 244 g/mol. The van der Waals surface area contributed by atoms with Crippen molar-refractivity contribution in [3.05, 3.63) is 63.7 Å². The van der Waals surface area contributed by atoms with E-state index >= 15 is 0 Å². The topological polar surface area (TPSA) is 59.7 Å². The van der Waals surface area contributed by atoms with Gasteiger partial charge < -0.3 is 14.3 Å². The van der Waals surface area contributed by atoms with Crippen molar-refractivity contribution in [1.29, 1.82) is 0 Å². The molecule has 0 saturated heterocycles. The molecule has 1 heterocycles. The van der Waals surface area contributed by atoms with Gasteiger partial charge in [-0.15, -0.1) is 0 Å². The highest BCUT2D eigenvalue weighted by atomic mass is 16.5. The van der Waals surface area contributed by atoms with Crippen molar-refractivity contribution in [2.45, 2.75) is 18.9 Å². The predicted octanol–water partition coefficient (Wildman–Crippen LogP) is 1.85. The maximum atomic E-state index is 11.7. The van der Waals surface area contributed by atoms with Gasteiger partial charge in [-0.2, -0.15) is 0 Å². The van der Waals surface area contributed by atoms with E-state index in [2.05, 4.69) is 12.1 Å². The fourth-order valence-corrected chi connectivity index (χ4v) is 2.33. The van der Waals surface area contributed by atoms with Crippen molar-refractivity contribution >= 4 is 0 Å². The number of aliphatic hydroxyl groups excluding tert-OH is 1. The minimum atomic E-state index is -0.286. The molecule has 19 heavy (non-hydrogen) atoms. The Bertz CT molecular complexity index is 645. The van der Waals surface area contributed by atoms with Gasteiger partial charge >= 0.3 is 0 Å². The molecule has 0 saturated carbocycles. The molecule has 0 fully saturated rings. The van der Waals surface area contributed by atoms with Crippen LogP contribution in [0.1, 0.15) is 22.8 Å². The summed E-state index contributed by atoms with van der Waals surface area (Å²) in [5.41, 5.74) is 2.38. The van der Waals surface area contributed by atoms with Crippen LogP contribution >= 0.6 is 0 Å². The van der Waals surface area contributed by atoms with Crippen LogP contribution < -0.4 is 10.2 Å². The van der Waals surface area contributed by atoms with E-state index in [1.807, 2.05) is 12.1 Å². The minimum absolute atomic E-state index is 0.196. The van der Waals surface area contributed by atoms with E-state index in [0.29, 0.717) is 12.5 Å². The summed E-state index contributed by atoms with van der Waals surface area (Å²) < 4.78 is 10.6. The summed E-state index contributed by atoms with van der Waals surface area (Å²) in [5, 5.41) is 8.85. The third kappa shape index (κ3) is 2.27. The van der Waals surface area contributed by atoms with Crippen LogP contribution in [-0.2, 0) is 13.0 Å². The Kier molecular flexibility index (Phi) is 3.09. The molecule has 1 aromatic heterocycles. The van der Waals surface area contributed by atoms with Gasteiger partial charge in [-0.3, -0.25) is 4.79 Å². The molecule has 3 rings (SSSR count). The molecule has 1 aromatic carbocycles. The lowest BCUT2D eigenvalue weighted by molar-refractivity contribution is 0.232. The molecule has 1 aliphatic rings. The standard InChI is InChI=1S/C15H14O4/c16-7-12-6-14(17)15(9-18-12)19-8-11-5-10-3-1-2-4-13(10)11/h1-4,6,9,11,16H,5,7-8H2. The number of ether oxygens (including phenoxy) is 1. The third-order valence-electron chi connectivity index (χ3n) is 3.41. The molecule has 1 N–H and O–H groups in total. The van der Waals surface area contributed by atoms with E-state index < -0.39 is 0 Å². The fourth-order valence-electron chi connectivity index (χ4n) is 2.33. The Labute approximate surface area is 110 Å². The first-order chi connectivity index (χ1) is 9.28. The highest BCUT2D eigenvalue weighted by molar-refractivity contribution is 5.40. The maximum absolute atomic E-state index is 11.7. The van der Waals surface area contributed by atoms with Gasteiger partial charge in [-0.1, -0.05) is 24.3 Å². The normalized spacial score (nSPS) is 16.6. The van der Waals surface area contributed by atoms with E-state index in [9.17, 15) is 4.79 Å². The van der Waals surface area contributed by atoms with Crippen molar-refractivity contribution in [2.24, 2.45) is 0 Å². The zero-order valence-corrected chi connectivity index (χ0v) is 10.3. The summed E-state index contributed by atoms with van der Waals surface area (Å²) in [6.45, 7) is 0.186. The SMILES string of the molecule is O=c1cc(CO)occ1OCC1Cc2ccccc21. The molecule has 4 heteroatoms. The first kappa shape index (κ1) is 12.0. The monoisotopic (exact) mass is 258 g/mol.